The second-order valence-electron chi connectivity index (χ2n) is 5.10. The molecule has 1 nitrogen and oxygen atoms in total. The normalized spacial score (nSPS) is 18.6. The lowest BCUT2D eigenvalue weighted by Gasteiger charge is -2.15. The Hall–Kier alpha value is -1.50. The molecule has 1 atom stereocenters. The molecule has 0 amide bonds. The molecule has 0 bridgehead atoms. The fourth-order valence-electron chi connectivity index (χ4n) is 2.93. The summed E-state index contributed by atoms with van der Waals surface area (Å²) in [6.45, 7) is 4.51. The van der Waals surface area contributed by atoms with Gasteiger partial charge in [-0.25, -0.2) is 0 Å². The van der Waals surface area contributed by atoms with Crippen molar-refractivity contribution < 1.29 is 5.11 Å². The molecular weight excluding hydrogens is 196 g/mol. The summed E-state index contributed by atoms with van der Waals surface area (Å²) in [5.74, 6) is 1.58. The van der Waals surface area contributed by atoms with E-state index in [1.54, 1.807) is 0 Å². The molecule has 0 heterocycles. The first-order valence-electron chi connectivity index (χ1n) is 5.91. The van der Waals surface area contributed by atoms with Crippen LogP contribution in [0.4, 0.5) is 0 Å². The molecule has 0 saturated heterocycles. The third-order valence-electron chi connectivity index (χ3n) is 3.72. The summed E-state index contributed by atoms with van der Waals surface area (Å²) >= 11 is 0. The predicted octanol–water partition coefficient (Wildman–Crippen LogP) is 3.84. The number of phenols is 1. The number of hydrogen-bond acceptors (Lipinski definition) is 1. The van der Waals surface area contributed by atoms with Crippen LogP contribution in [0.25, 0.3) is 10.8 Å². The topological polar surface area (TPSA) is 20.2 Å². The largest absolute Gasteiger partial charge is 0.508 e. The summed E-state index contributed by atoms with van der Waals surface area (Å²) in [4.78, 5) is 0. The minimum Gasteiger partial charge on any atom is -0.508 e. The molecule has 2 aromatic rings. The first-order chi connectivity index (χ1) is 7.66. The van der Waals surface area contributed by atoms with Gasteiger partial charge in [0.25, 0.3) is 0 Å². The van der Waals surface area contributed by atoms with Crippen molar-refractivity contribution >= 4 is 10.8 Å². The molecule has 16 heavy (non-hydrogen) atoms. The van der Waals surface area contributed by atoms with Crippen molar-refractivity contribution in [2.75, 3.05) is 0 Å². The van der Waals surface area contributed by atoms with Gasteiger partial charge < -0.3 is 5.11 Å². The summed E-state index contributed by atoms with van der Waals surface area (Å²) < 4.78 is 0. The Balaban J connectivity index is 2.34. The van der Waals surface area contributed by atoms with Gasteiger partial charge in [0.1, 0.15) is 5.75 Å². The summed E-state index contributed by atoms with van der Waals surface area (Å²) in [6, 6.07) is 10.2. The lowest BCUT2D eigenvalue weighted by molar-refractivity contribution is 0.470. The molecule has 3 rings (SSSR count). The van der Waals surface area contributed by atoms with E-state index in [0.29, 0.717) is 17.6 Å². The molecule has 1 aliphatic carbocycles. The Bertz CT molecular complexity index is 555. The number of benzene rings is 2. The first kappa shape index (κ1) is 9.71. The van der Waals surface area contributed by atoms with Gasteiger partial charge in [-0.2, -0.15) is 0 Å². The zero-order chi connectivity index (χ0) is 11.3. The van der Waals surface area contributed by atoms with E-state index in [2.05, 4.69) is 32.0 Å². The van der Waals surface area contributed by atoms with Crippen LogP contribution < -0.4 is 0 Å². The number of aromatic hydroxyl groups is 1. The van der Waals surface area contributed by atoms with Gasteiger partial charge >= 0.3 is 0 Å². The minimum atomic E-state index is 0.396. The highest BCUT2D eigenvalue weighted by Gasteiger charge is 2.26. The highest BCUT2D eigenvalue weighted by Crippen LogP contribution is 2.43. The molecular formula is C15H16O. The maximum absolute atomic E-state index is 9.76. The molecule has 1 unspecified atom stereocenters. The third kappa shape index (κ3) is 1.24. The Kier molecular flexibility index (Phi) is 1.97. The quantitative estimate of drug-likeness (QED) is 0.761. The van der Waals surface area contributed by atoms with Gasteiger partial charge in [-0.15, -0.1) is 0 Å². The highest BCUT2D eigenvalue weighted by atomic mass is 16.3. The van der Waals surface area contributed by atoms with Crippen molar-refractivity contribution in [3.05, 3.63) is 41.5 Å². The van der Waals surface area contributed by atoms with Crippen molar-refractivity contribution in [2.45, 2.75) is 26.2 Å². The molecule has 0 radical (unpaired) electrons. The Morgan fingerprint density at radius 1 is 1.25 bits per heavy atom. The van der Waals surface area contributed by atoms with Crippen molar-refractivity contribution in [1.29, 1.82) is 0 Å². The van der Waals surface area contributed by atoms with Crippen molar-refractivity contribution in [3.63, 3.8) is 0 Å². The number of hydrogen-bond donors (Lipinski definition) is 1. The summed E-state index contributed by atoms with van der Waals surface area (Å²) in [7, 11) is 0. The molecule has 2 aromatic carbocycles. The van der Waals surface area contributed by atoms with Gasteiger partial charge in [0, 0.05) is 0 Å². The summed E-state index contributed by atoms with van der Waals surface area (Å²) in [6.07, 6.45) is 1.12. The lowest BCUT2D eigenvalue weighted by Crippen LogP contribution is -2.04. The zero-order valence-corrected chi connectivity index (χ0v) is 9.70. The average Bonchev–Trinajstić information content (AvgIpc) is 2.59. The molecule has 82 valence electrons. The van der Waals surface area contributed by atoms with E-state index in [4.69, 9.17) is 0 Å². The van der Waals surface area contributed by atoms with E-state index in [1.165, 1.54) is 21.9 Å². The monoisotopic (exact) mass is 212 g/mol. The van der Waals surface area contributed by atoms with E-state index in [1.807, 2.05) is 12.1 Å². The SMILES string of the molecule is CC(C)C1Cc2cccc3cc(O)cc1c23. The molecule has 0 aromatic heterocycles. The van der Waals surface area contributed by atoms with Crippen molar-refractivity contribution in [2.24, 2.45) is 5.92 Å². The maximum Gasteiger partial charge on any atom is 0.116 e. The first-order valence-corrected chi connectivity index (χ1v) is 5.91. The fraction of sp³-hybridized carbons (Fsp3) is 0.333. The van der Waals surface area contributed by atoms with Crippen LogP contribution in [0, 0.1) is 5.92 Å². The van der Waals surface area contributed by atoms with Gasteiger partial charge in [0.2, 0.25) is 0 Å². The molecule has 0 saturated carbocycles. The van der Waals surface area contributed by atoms with E-state index in [9.17, 15) is 5.11 Å². The van der Waals surface area contributed by atoms with Gasteiger partial charge in [-0.1, -0.05) is 32.0 Å². The van der Waals surface area contributed by atoms with Crippen LogP contribution in [-0.4, -0.2) is 5.11 Å². The zero-order valence-electron chi connectivity index (χ0n) is 9.70. The van der Waals surface area contributed by atoms with Crippen LogP contribution >= 0.6 is 0 Å². The average molecular weight is 212 g/mol. The Morgan fingerprint density at radius 2 is 2.06 bits per heavy atom. The third-order valence-corrected chi connectivity index (χ3v) is 3.72. The maximum atomic E-state index is 9.76. The fourth-order valence-corrected chi connectivity index (χ4v) is 2.93. The van der Waals surface area contributed by atoms with Crippen LogP contribution in [0.15, 0.2) is 30.3 Å². The molecule has 1 heteroatoms. The van der Waals surface area contributed by atoms with Gasteiger partial charge in [0.05, 0.1) is 0 Å². The summed E-state index contributed by atoms with van der Waals surface area (Å²) in [5.41, 5.74) is 2.77. The van der Waals surface area contributed by atoms with Crippen molar-refractivity contribution in [3.8, 4) is 5.75 Å². The number of rotatable bonds is 1. The van der Waals surface area contributed by atoms with Crippen molar-refractivity contribution in [1.82, 2.24) is 0 Å². The van der Waals surface area contributed by atoms with E-state index in [-0.39, 0.29) is 0 Å². The molecule has 0 aliphatic heterocycles. The van der Waals surface area contributed by atoms with Crippen LogP contribution in [0.3, 0.4) is 0 Å². The van der Waals surface area contributed by atoms with Crippen LogP contribution in [0.1, 0.15) is 30.9 Å². The van der Waals surface area contributed by atoms with Crippen LogP contribution in [0.5, 0.6) is 5.75 Å². The molecule has 0 fully saturated rings. The number of phenolic OH excluding ortho intramolecular Hbond substituents is 1. The second kappa shape index (κ2) is 3.24. The second-order valence-corrected chi connectivity index (χ2v) is 5.10. The summed E-state index contributed by atoms with van der Waals surface area (Å²) in [5, 5.41) is 12.3. The Labute approximate surface area is 95.7 Å². The minimum absolute atomic E-state index is 0.396. The predicted molar refractivity (Wildman–Crippen MR) is 66.9 cm³/mol. The van der Waals surface area contributed by atoms with E-state index in [0.717, 1.165) is 6.42 Å². The van der Waals surface area contributed by atoms with Gasteiger partial charge in [-0.05, 0) is 52.3 Å². The highest BCUT2D eigenvalue weighted by molar-refractivity contribution is 5.92. The molecule has 0 spiro atoms. The van der Waals surface area contributed by atoms with E-state index < -0.39 is 0 Å². The van der Waals surface area contributed by atoms with Gasteiger partial charge in [0.15, 0.2) is 0 Å². The standard InChI is InChI=1S/C15H16O/c1-9(2)13-7-11-5-3-4-10-6-12(16)8-14(13)15(10)11/h3-6,8-9,13,16H,7H2,1-2H3. The Morgan fingerprint density at radius 3 is 2.81 bits per heavy atom. The molecule has 1 N–H and O–H groups in total. The van der Waals surface area contributed by atoms with Crippen LogP contribution in [-0.2, 0) is 6.42 Å². The lowest BCUT2D eigenvalue weighted by atomic mass is 9.89. The van der Waals surface area contributed by atoms with E-state index >= 15 is 0 Å². The molecule has 1 aliphatic rings. The van der Waals surface area contributed by atoms with Gasteiger partial charge in [-0.3, -0.25) is 0 Å². The smallest absolute Gasteiger partial charge is 0.116 e. The van der Waals surface area contributed by atoms with Crippen LogP contribution in [0.2, 0.25) is 0 Å².